The SMILES string of the molecule is O=c1ccc2c(n1Cc1ccc(F)cc1B(O)O)CCC2. The molecule has 4 nitrogen and oxygen atoms in total. The van der Waals surface area contributed by atoms with Gasteiger partial charge in [0.05, 0.1) is 6.54 Å². The standard InChI is InChI=1S/C15H15BFNO3/c17-12-6-4-11(13(8-12)16(20)21)9-18-14-3-1-2-10(14)5-7-15(18)19/h4-8,20-21H,1-3,9H2. The second-order valence-corrected chi connectivity index (χ2v) is 5.30. The molecule has 0 saturated carbocycles. The number of halogens is 1. The van der Waals surface area contributed by atoms with Crippen molar-refractivity contribution < 1.29 is 14.4 Å². The highest BCUT2D eigenvalue weighted by molar-refractivity contribution is 6.59. The first-order valence-electron chi connectivity index (χ1n) is 6.92. The van der Waals surface area contributed by atoms with Crippen molar-refractivity contribution in [1.29, 1.82) is 0 Å². The number of aromatic nitrogens is 1. The van der Waals surface area contributed by atoms with Crippen molar-refractivity contribution in [2.75, 3.05) is 0 Å². The molecule has 0 atom stereocenters. The fraction of sp³-hybridized carbons (Fsp3) is 0.267. The van der Waals surface area contributed by atoms with Gasteiger partial charge < -0.3 is 14.6 Å². The van der Waals surface area contributed by atoms with E-state index >= 15 is 0 Å². The zero-order valence-corrected chi connectivity index (χ0v) is 11.4. The van der Waals surface area contributed by atoms with Gasteiger partial charge >= 0.3 is 7.12 Å². The first-order chi connectivity index (χ1) is 10.1. The van der Waals surface area contributed by atoms with Crippen molar-refractivity contribution in [2.45, 2.75) is 25.8 Å². The Kier molecular flexibility index (Phi) is 3.65. The highest BCUT2D eigenvalue weighted by atomic mass is 19.1. The first kappa shape index (κ1) is 14.0. The third-order valence-electron chi connectivity index (χ3n) is 3.96. The van der Waals surface area contributed by atoms with E-state index < -0.39 is 12.9 Å². The summed E-state index contributed by atoms with van der Waals surface area (Å²) >= 11 is 0. The Morgan fingerprint density at radius 3 is 2.76 bits per heavy atom. The lowest BCUT2D eigenvalue weighted by Gasteiger charge is -2.15. The number of aryl methyl sites for hydroxylation is 1. The van der Waals surface area contributed by atoms with Gasteiger partial charge in [-0.3, -0.25) is 4.79 Å². The average Bonchev–Trinajstić information content (AvgIpc) is 2.92. The molecule has 1 aromatic carbocycles. The lowest BCUT2D eigenvalue weighted by molar-refractivity contribution is 0.424. The molecule has 0 unspecified atom stereocenters. The summed E-state index contributed by atoms with van der Waals surface area (Å²) in [5, 5.41) is 18.7. The molecular weight excluding hydrogens is 272 g/mol. The van der Waals surface area contributed by atoms with Crippen LogP contribution in [0.15, 0.2) is 35.1 Å². The topological polar surface area (TPSA) is 62.5 Å². The molecule has 1 heterocycles. The predicted octanol–water partition coefficient (Wildman–Crippen LogP) is 0.204. The van der Waals surface area contributed by atoms with Crippen LogP contribution in [0.3, 0.4) is 0 Å². The summed E-state index contributed by atoms with van der Waals surface area (Å²) in [6.45, 7) is 0.217. The fourth-order valence-electron chi connectivity index (χ4n) is 2.93. The van der Waals surface area contributed by atoms with Gasteiger partial charge in [0.2, 0.25) is 0 Å². The van der Waals surface area contributed by atoms with Gasteiger partial charge in [-0.2, -0.15) is 0 Å². The summed E-state index contributed by atoms with van der Waals surface area (Å²) in [6.07, 6.45) is 2.80. The van der Waals surface area contributed by atoms with Gasteiger partial charge in [0.1, 0.15) is 5.82 Å². The maximum atomic E-state index is 13.3. The Balaban J connectivity index is 2.06. The number of hydrogen-bond donors (Lipinski definition) is 2. The molecule has 21 heavy (non-hydrogen) atoms. The molecule has 1 aromatic heterocycles. The van der Waals surface area contributed by atoms with Crippen LogP contribution in [0, 0.1) is 5.82 Å². The van der Waals surface area contributed by atoms with Gasteiger partial charge in [0.15, 0.2) is 0 Å². The Hall–Kier alpha value is -1.92. The number of nitrogens with zero attached hydrogens (tertiary/aromatic N) is 1. The van der Waals surface area contributed by atoms with E-state index in [1.54, 1.807) is 4.57 Å². The molecule has 6 heteroatoms. The number of hydrogen-bond acceptors (Lipinski definition) is 3. The van der Waals surface area contributed by atoms with E-state index in [9.17, 15) is 19.2 Å². The lowest BCUT2D eigenvalue weighted by Crippen LogP contribution is -2.35. The maximum Gasteiger partial charge on any atom is 0.488 e. The van der Waals surface area contributed by atoms with Crippen molar-refractivity contribution in [3.8, 4) is 0 Å². The van der Waals surface area contributed by atoms with Gasteiger partial charge in [-0.1, -0.05) is 12.1 Å². The van der Waals surface area contributed by atoms with E-state index in [2.05, 4.69) is 0 Å². The van der Waals surface area contributed by atoms with Crippen molar-refractivity contribution in [3.05, 3.63) is 63.3 Å². The van der Waals surface area contributed by atoms with Crippen LogP contribution in [0.2, 0.25) is 0 Å². The van der Waals surface area contributed by atoms with Crippen LogP contribution in [-0.4, -0.2) is 21.7 Å². The van der Waals surface area contributed by atoms with Crippen molar-refractivity contribution in [3.63, 3.8) is 0 Å². The normalized spacial score (nSPS) is 13.3. The van der Waals surface area contributed by atoms with E-state index in [-0.39, 0.29) is 17.6 Å². The van der Waals surface area contributed by atoms with Crippen LogP contribution >= 0.6 is 0 Å². The maximum absolute atomic E-state index is 13.3. The van der Waals surface area contributed by atoms with Gasteiger partial charge in [-0.05, 0) is 48.0 Å². The molecule has 1 aliphatic carbocycles. The average molecular weight is 287 g/mol. The number of benzene rings is 1. The quantitative estimate of drug-likeness (QED) is 0.793. The number of pyridine rings is 1. The van der Waals surface area contributed by atoms with Crippen LogP contribution in [0.25, 0.3) is 0 Å². The van der Waals surface area contributed by atoms with E-state index in [1.807, 2.05) is 6.07 Å². The number of rotatable bonds is 3. The van der Waals surface area contributed by atoms with Gasteiger partial charge in [-0.15, -0.1) is 0 Å². The zero-order chi connectivity index (χ0) is 15.0. The molecule has 108 valence electrons. The van der Waals surface area contributed by atoms with Crippen LogP contribution in [-0.2, 0) is 19.4 Å². The lowest BCUT2D eigenvalue weighted by atomic mass is 9.77. The molecule has 1 aliphatic rings. The van der Waals surface area contributed by atoms with Crippen LogP contribution in [0.5, 0.6) is 0 Å². The summed E-state index contributed by atoms with van der Waals surface area (Å²) in [5.41, 5.74) is 2.65. The minimum absolute atomic E-state index is 0.0949. The van der Waals surface area contributed by atoms with Gasteiger partial charge in [-0.25, -0.2) is 4.39 Å². The van der Waals surface area contributed by atoms with Gasteiger partial charge in [0.25, 0.3) is 5.56 Å². The van der Waals surface area contributed by atoms with E-state index in [4.69, 9.17) is 0 Å². The van der Waals surface area contributed by atoms with Crippen molar-refractivity contribution in [1.82, 2.24) is 4.57 Å². The van der Waals surface area contributed by atoms with E-state index in [1.165, 1.54) is 18.2 Å². The van der Waals surface area contributed by atoms with Crippen LogP contribution < -0.4 is 11.0 Å². The first-order valence-corrected chi connectivity index (χ1v) is 6.92. The molecule has 3 rings (SSSR count). The Labute approximate surface area is 121 Å². The summed E-state index contributed by atoms with van der Waals surface area (Å²) in [5.74, 6) is -0.535. The second-order valence-electron chi connectivity index (χ2n) is 5.30. The molecular formula is C15H15BFNO3. The minimum atomic E-state index is -1.76. The largest absolute Gasteiger partial charge is 0.488 e. The van der Waals surface area contributed by atoms with E-state index in [0.717, 1.165) is 36.6 Å². The third-order valence-corrected chi connectivity index (χ3v) is 3.96. The summed E-state index contributed by atoms with van der Waals surface area (Å²) in [6, 6.07) is 7.23. The molecule has 2 aromatic rings. The molecule has 0 bridgehead atoms. The van der Waals surface area contributed by atoms with E-state index in [0.29, 0.717) is 5.56 Å². The smallest absolute Gasteiger partial charge is 0.423 e. The fourth-order valence-corrected chi connectivity index (χ4v) is 2.93. The minimum Gasteiger partial charge on any atom is -0.423 e. The van der Waals surface area contributed by atoms with Crippen molar-refractivity contribution >= 4 is 12.6 Å². The molecule has 0 radical (unpaired) electrons. The zero-order valence-electron chi connectivity index (χ0n) is 11.4. The molecule has 0 fully saturated rings. The highest BCUT2D eigenvalue weighted by Gasteiger charge is 2.20. The Morgan fingerprint density at radius 1 is 1.19 bits per heavy atom. The molecule has 0 spiro atoms. The Bertz CT molecular complexity index is 742. The molecule has 2 N–H and O–H groups in total. The molecule has 0 saturated heterocycles. The summed E-state index contributed by atoms with van der Waals surface area (Å²) in [4.78, 5) is 12.1. The summed E-state index contributed by atoms with van der Waals surface area (Å²) < 4.78 is 14.9. The second kappa shape index (κ2) is 5.46. The van der Waals surface area contributed by atoms with Crippen molar-refractivity contribution in [2.24, 2.45) is 0 Å². The highest BCUT2D eigenvalue weighted by Crippen LogP contribution is 2.20. The van der Waals surface area contributed by atoms with Crippen LogP contribution in [0.1, 0.15) is 23.2 Å². The third kappa shape index (κ3) is 2.64. The summed E-state index contributed by atoms with van der Waals surface area (Å²) in [7, 11) is -1.76. The predicted molar refractivity (Wildman–Crippen MR) is 78.1 cm³/mol. The van der Waals surface area contributed by atoms with Gasteiger partial charge in [0, 0.05) is 11.8 Å². The number of fused-ring (bicyclic) bond motifs is 1. The monoisotopic (exact) mass is 287 g/mol. The molecule has 0 amide bonds. The Morgan fingerprint density at radius 2 is 2.00 bits per heavy atom. The molecule has 0 aliphatic heterocycles. The van der Waals surface area contributed by atoms with Crippen LogP contribution in [0.4, 0.5) is 4.39 Å².